The smallest absolute Gasteiger partial charge is 0.195 e. The van der Waals surface area contributed by atoms with Gasteiger partial charge < -0.3 is 4.98 Å². The number of aromatic nitrogens is 1. The highest BCUT2D eigenvalue weighted by molar-refractivity contribution is 6.42. The fourth-order valence-corrected chi connectivity index (χ4v) is 2.63. The largest absolute Gasteiger partial charge is 0.359 e. The van der Waals surface area contributed by atoms with E-state index in [9.17, 15) is 4.79 Å². The van der Waals surface area contributed by atoms with Gasteiger partial charge in [0, 0.05) is 22.7 Å². The number of hydrogen-bond acceptors (Lipinski definition) is 1. The van der Waals surface area contributed by atoms with Crippen LogP contribution in [0.2, 0.25) is 15.1 Å². The van der Waals surface area contributed by atoms with Gasteiger partial charge >= 0.3 is 0 Å². The van der Waals surface area contributed by atoms with Gasteiger partial charge in [-0.1, -0.05) is 46.9 Å². The number of hydrogen-bond donors (Lipinski definition) is 1. The molecule has 0 saturated heterocycles. The molecule has 0 bridgehead atoms. The normalized spacial score (nSPS) is 10.9. The minimum Gasteiger partial charge on any atom is -0.359 e. The maximum Gasteiger partial charge on any atom is 0.195 e. The second kappa shape index (κ2) is 5.13. The molecule has 0 atom stereocenters. The average molecular weight is 325 g/mol. The molecule has 0 aliphatic rings. The van der Waals surface area contributed by atoms with Gasteiger partial charge in [0.2, 0.25) is 0 Å². The summed E-state index contributed by atoms with van der Waals surface area (Å²) in [7, 11) is 0. The summed E-state index contributed by atoms with van der Waals surface area (Å²) in [5, 5.41) is 2.14. The Kier molecular flexibility index (Phi) is 3.47. The summed E-state index contributed by atoms with van der Waals surface area (Å²) in [4.78, 5) is 15.6. The van der Waals surface area contributed by atoms with Gasteiger partial charge in [-0.15, -0.1) is 0 Å². The maximum absolute atomic E-state index is 12.5. The van der Waals surface area contributed by atoms with E-state index in [0.717, 1.165) is 10.9 Å². The Morgan fingerprint density at radius 3 is 2.50 bits per heavy atom. The first-order valence-corrected chi connectivity index (χ1v) is 6.96. The first-order chi connectivity index (χ1) is 9.58. The van der Waals surface area contributed by atoms with Gasteiger partial charge in [0.1, 0.15) is 0 Å². The Morgan fingerprint density at radius 2 is 1.75 bits per heavy atom. The second-order valence-corrected chi connectivity index (χ2v) is 5.54. The van der Waals surface area contributed by atoms with Crippen molar-refractivity contribution in [2.45, 2.75) is 0 Å². The van der Waals surface area contributed by atoms with Gasteiger partial charge in [0.25, 0.3) is 0 Å². The third-order valence-corrected chi connectivity index (χ3v) is 4.15. The van der Waals surface area contributed by atoms with Crippen LogP contribution in [0.4, 0.5) is 0 Å². The van der Waals surface area contributed by atoms with Crippen LogP contribution in [0.15, 0.2) is 42.6 Å². The predicted molar refractivity (Wildman–Crippen MR) is 83.2 cm³/mol. The molecule has 0 aliphatic heterocycles. The zero-order valence-corrected chi connectivity index (χ0v) is 12.4. The van der Waals surface area contributed by atoms with Gasteiger partial charge in [-0.05, 0) is 24.3 Å². The van der Waals surface area contributed by atoms with Crippen molar-refractivity contribution in [3.8, 4) is 0 Å². The zero-order valence-electron chi connectivity index (χ0n) is 10.1. The van der Waals surface area contributed by atoms with Crippen molar-refractivity contribution in [3.63, 3.8) is 0 Å². The number of rotatable bonds is 2. The van der Waals surface area contributed by atoms with Crippen molar-refractivity contribution in [1.29, 1.82) is 0 Å². The van der Waals surface area contributed by atoms with E-state index >= 15 is 0 Å². The molecule has 3 aromatic rings. The van der Waals surface area contributed by atoms with Crippen LogP contribution in [0.5, 0.6) is 0 Å². The number of halogens is 3. The number of carbonyl (C=O) groups excluding carboxylic acids is 1. The molecule has 20 heavy (non-hydrogen) atoms. The third-order valence-electron chi connectivity index (χ3n) is 3.09. The fraction of sp³-hybridized carbons (Fsp3) is 0. The van der Waals surface area contributed by atoms with Crippen LogP contribution in [0.3, 0.4) is 0 Å². The number of ketones is 1. The molecule has 0 radical (unpaired) electrons. The van der Waals surface area contributed by atoms with Crippen LogP contribution >= 0.6 is 34.8 Å². The molecule has 100 valence electrons. The quantitative estimate of drug-likeness (QED) is 0.632. The molecule has 0 unspecified atom stereocenters. The van der Waals surface area contributed by atoms with E-state index in [0.29, 0.717) is 26.2 Å². The Bertz CT molecular complexity index is 823. The number of nitrogens with one attached hydrogen (secondary N) is 1. The summed E-state index contributed by atoms with van der Waals surface area (Å²) >= 11 is 17.9. The lowest BCUT2D eigenvalue weighted by Gasteiger charge is -2.02. The van der Waals surface area contributed by atoms with Crippen LogP contribution in [0.1, 0.15) is 15.9 Å². The number of para-hydroxylation sites is 1. The lowest BCUT2D eigenvalue weighted by molar-refractivity contribution is 0.104. The molecule has 1 aromatic heterocycles. The van der Waals surface area contributed by atoms with E-state index in [1.807, 2.05) is 12.1 Å². The Labute approximate surface area is 130 Å². The summed E-state index contributed by atoms with van der Waals surface area (Å²) in [6, 6.07) is 10.3. The number of H-pyrrole nitrogens is 1. The molecule has 0 spiro atoms. The summed E-state index contributed by atoms with van der Waals surface area (Å²) in [5.74, 6) is -0.128. The predicted octanol–water partition coefficient (Wildman–Crippen LogP) is 5.36. The van der Waals surface area contributed by atoms with Crippen molar-refractivity contribution in [3.05, 3.63) is 68.8 Å². The van der Waals surface area contributed by atoms with Crippen LogP contribution in [-0.2, 0) is 0 Å². The van der Waals surface area contributed by atoms with Crippen molar-refractivity contribution >= 4 is 51.5 Å². The van der Waals surface area contributed by atoms with E-state index in [-0.39, 0.29) is 5.78 Å². The highest BCUT2D eigenvalue weighted by Crippen LogP contribution is 2.28. The standard InChI is InChI=1S/C15H8Cl3NO/c16-11-5-4-8(6-13(11)18)15(20)10-7-19-14-9(10)2-1-3-12(14)17/h1-7,19H. The minimum atomic E-state index is -0.128. The molecule has 1 heterocycles. The molecule has 0 aliphatic carbocycles. The monoisotopic (exact) mass is 323 g/mol. The molecule has 2 aromatic carbocycles. The molecule has 0 fully saturated rings. The summed E-state index contributed by atoms with van der Waals surface area (Å²) in [5.41, 5.74) is 1.79. The fourth-order valence-electron chi connectivity index (χ4n) is 2.10. The first kappa shape index (κ1) is 13.5. The van der Waals surface area contributed by atoms with Gasteiger partial charge in [-0.2, -0.15) is 0 Å². The van der Waals surface area contributed by atoms with Gasteiger partial charge in [-0.3, -0.25) is 4.79 Å². The van der Waals surface area contributed by atoms with Crippen molar-refractivity contribution in [2.24, 2.45) is 0 Å². The Morgan fingerprint density at radius 1 is 0.950 bits per heavy atom. The third kappa shape index (κ3) is 2.20. The lowest BCUT2D eigenvalue weighted by Crippen LogP contribution is -2.00. The SMILES string of the molecule is O=C(c1ccc(Cl)c(Cl)c1)c1c[nH]c2c(Cl)cccc12. The highest BCUT2D eigenvalue weighted by Gasteiger charge is 2.16. The number of carbonyl (C=O) groups is 1. The van der Waals surface area contributed by atoms with Gasteiger partial charge in [-0.25, -0.2) is 0 Å². The number of benzene rings is 2. The van der Waals surface area contributed by atoms with Crippen LogP contribution in [-0.4, -0.2) is 10.8 Å². The van der Waals surface area contributed by atoms with E-state index in [2.05, 4.69) is 4.98 Å². The van der Waals surface area contributed by atoms with Crippen molar-refractivity contribution in [1.82, 2.24) is 4.98 Å². The molecule has 3 rings (SSSR count). The lowest BCUT2D eigenvalue weighted by atomic mass is 10.0. The molecular formula is C15H8Cl3NO. The topological polar surface area (TPSA) is 32.9 Å². The zero-order chi connectivity index (χ0) is 14.3. The van der Waals surface area contributed by atoms with E-state index < -0.39 is 0 Å². The molecule has 0 saturated carbocycles. The number of fused-ring (bicyclic) bond motifs is 1. The van der Waals surface area contributed by atoms with E-state index in [4.69, 9.17) is 34.8 Å². The molecular weight excluding hydrogens is 317 g/mol. The van der Waals surface area contributed by atoms with Gasteiger partial charge in [0.05, 0.1) is 20.6 Å². The second-order valence-electron chi connectivity index (χ2n) is 4.32. The Hall–Kier alpha value is -1.48. The summed E-state index contributed by atoms with van der Waals surface area (Å²) in [6.45, 7) is 0. The minimum absolute atomic E-state index is 0.128. The molecule has 5 heteroatoms. The van der Waals surface area contributed by atoms with Crippen molar-refractivity contribution in [2.75, 3.05) is 0 Å². The average Bonchev–Trinajstić information content (AvgIpc) is 2.86. The summed E-state index contributed by atoms with van der Waals surface area (Å²) in [6.07, 6.45) is 1.65. The molecule has 1 N–H and O–H groups in total. The molecule has 0 amide bonds. The van der Waals surface area contributed by atoms with Crippen LogP contribution in [0, 0.1) is 0 Å². The van der Waals surface area contributed by atoms with E-state index in [1.165, 1.54) is 0 Å². The molecule has 2 nitrogen and oxygen atoms in total. The number of aromatic amines is 1. The first-order valence-electron chi connectivity index (χ1n) is 5.83. The van der Waals surface area contributed by atoms with Crippen LogP contribution in [0.25, 0.3) is 10.9 Å². The highest BCUT2D eigenvalue weighted by atomic mass is 35.5. The van der Waals surface area contributed by atoms with E-state index in [1.54, 1.807) is 30.5 Å². The van der Waals surface area contributed by atoms with Crippen molar-refractivity contribution < 1.29 is 4.79 Å². The summed E-state index contributed by atoms with van der Waals surface area (Å²) < 4.78 is 0. The Balaban J connectivity index is 2.13. The maximum atomic E-state index is 12.5. The van der Waals surface area contributed by atoms with Gasteiger partial charge in [0.15, 0.2) is 5.78 Å². The van der Waals surface area contributed by atoms with Crippen LogP contribution < -0.4 is 0 Å².